The minimum atomic E-state index is -4.92. The lowest BCUT2D eigenvalue weighted by Crippen LogP contribution is -2.19. The van der Waals surface area contributed by atoms with Gasteiger partial charge in [-0.3, -0.25) is 14.3 Å². The Labute approximate surface area is 194 Å². The molecule has 4 aromatic rings. The number of amides is 2. The summed E-state index contributed by atoms with van der Waals surface area (Å²) in [7, 11) is 0. The monoisotopic (exact) mass is 491 g/mol. The van der Waals surface area contributed by atoms with Crippen molar-refractivity contribution in [3.05, 3.63) is 64.4 Å². The van der Waals surface area contributed by atoms with Crippen molar-refractivity contribution in [3.8, 4) is 0 Å². The van der Waals surface area contributed by atoms with Gasteiger partial charge >= 0.3 is 6.18 Å². The number of nitrogens with one attached hydrogen (secondary N) is 1. The number of benzene rings is 1. The van der Waals surface area contributed by atoms with E-state index in [2.05, 4.69) is 25.5 Å². The van der Waals surface area contributed by atoms with Crippen LogP contribution in [0.15, 0.2) is 28.8 Å². The second-order valence-corrected chi connectivity index (χ2v) is 7.46. The summed E-state index contributed by atoms with van der Waals surface area (Å²) in [5, 5.41) is 9.59. The van der Waals surface area contributed by atoms with Crippen molar-refractivity contribution in [2.45, 2.75) is 33.0 Å². The maximum atomic E-state index is 13.7. The van der Waals surface area contributed by atoms with Crippen molar-refractivity contribution < 1.29 is 31.7 Å². The van der Waals surface area contributed by atoms with Gasteiger partial charge in [0.05, 0.1) is 22.5 Å². The smallest absolute Gasteiger partial charge is 0.366 e. The summed E-state index contributed by atoms with van der Waals surface area (Å²) in [6.07, 6.45) is -4.45. The van der Waals surface area contributed by atoms with E-state index in [0.29, 0.717) is 12.2 Å². The summed E-state index contributed by atoms with van der Waals surface area (Å²) in [4.78, 5) is 32.8. The predicted octanol–water partition coefficient (Wildman–Crippen LogP) is 3.24. The Kier molecular flexibility index (Phi) is 5.96. The number of hydrogen-bond acceptors (Lipinski definition) is 7. The molecule has 10 nitrogen and oxygen atoms in total. The zero-order valence-corrected chi connectivity index (χ0v) is 18.3. The largest absolute Gasteiger partial charge is 0.437 e. The number of halogens is 4. The van der Waals surface area contributed by atoms with Crippen LogP contribution in [-0.2, 0) is 19.1 Å². The van der Waals surface area contributed by atoms with Crippen molar-refractivity contribution in [1.82, 2.24) is 24.9 Å². The molecule has 182 valence electrons. The van der Waals surface area contributed by atoms with Gasteiger partial charge in [0.1, 0.15) is 18.1 Å². The van der Waals surface area contributed by atoms with Crippen LogP contribution in [0.1, 0.15) is 50.9 Å². The fourth-order valence-electron chi connectivity index (χ4n) is 3.37. The molecule has 0 aliphatic heterocycles. The number of fused-ring (bicyclic) bond motifs is 1. The fourth-order valence-corrected chi connectivity index (χ4v) is 3.37. The lowest BCUT2D eigenvalue weighted by Gasteiger charge is -2.10. The lowest BCUT2D eigenvalue weighted by molar-refractivity contribution is -0.140. The SMILES string of the molecule is CCc1noc(Cn2nc(C(F)(F)F)c(NC(=O)c3cc(C(N)=O)c4ccc(F)cc4n3)c2C)n1. The molecular formula is C21H17F4N7O3. The highest BCUT2D eigenvalue weighted by Crippen LogP contribution is 2.36. The Morgan fingerprint density at radius 1 is 1.20 bits per heavy atom. The van der Waals surface area contributed by atoms with Gasteiger partial charge in [-0.25, -0.2) is 9.37 Å². The van der Waals surface area contributed by atoms with E-state index in [0.717, 1.165) is 22.9 Å². The third-order valence-electron chi connectivity index (χ3n) is 5.09. The van der Waals surface area contributed by atoms with Crippen LogP contribution >= 0.6 is 0 Å². The second-order valence-electron chi connectivity index (χ2n) is 7.46. The molecule has 0 aliphatic carbocycles. The summed E-state index contributed by atoms with van der Waals surface area (Å²) in [6.45, 7) is 2.83. The first-order valence-electron chi connectivity index (χ1n) is 10.2. The van der Waals surface area contributed by atoms with E-state index < -0.39 is 40.9 Å². The summed E-state index contributed by atoms with van der Waals surface area (Å²) in [5.41, 5.74) is 2.66. The highest BCUT2D eigenvalue weighted by Gasteiger charge is 2.39. The molecule has 4 rings (SSSR count). The van der Waals surface area contributed by atoms with Gasteiger partial charge in [-0.1, -0.05) is 12.1 Å². The van der Waals surface area contributed by atoms with E-state index in [1.165, 1.54) is 13.0 Å². The molecule has 0 bridgehead atoms. The fraction of sp³-hybridized carbons (Fsp3) is 0.238. The third kappa shape index (κ3) is 4.67. The van der Waals surface area contributed by atoms with E-state index in [-0.39, 0.29) is 34.6 Å². The number of anilines is 1. The number of alkyl halides is 3. The Morgan fingerprint density at radius 2 is 1.94 bits per heavy atom. The first-order valence-corrected chi connectivity index (χ1v) is 10.2. The molecule has 0 radical (unpaired) electrons. The summed E-state index contributed by atoms with van der Waals surface area (Å²) in [6, 6.07) is 4.33. The topological polar surface area (TPSA) is 142 Å². The van der Waals surface area contributed by atoms with Crippen LogP contribution in [0.3, 0.4) is 0 Å². The Morgan fingerprint density at radius 3 is 2.57 bits per heavy atom. The van der Waals surface area contributed by atoms with Crippen LogP contribution in [0, 0.1) is 12.7 Å². The van der Waals surface area contributed by atoms with E-state index >= 15 is 0 Å². The van der Waals surface area contributed by atoms with Gasteiger partial charge in [0.25, 0.3) is 5.91 Å². The first kappa shape index (κ1) is 23.8. The van der Waals surface area contributed by atoms with Crippen LogP contribution in [-0.4, -0.2) is 36.7 Å². The molecule has 0 fully saturated rings. The highest BCUT2D eigenvalue weighted by atomic mass is 19.4. The Hall–Kier alpha value is -4.36. The van der Waals surface area contributed by atoms with E-state index in [9.17, 15) is 27.2 Å². The van der Waals surface area contributed by atoms with Crippen molar-refractivity contribution in [3.63, 3.8) is 0 Å². The van der Waals surface area contributed by atoms with Gasteiger partial charge in [-0.15, -0.1) is 0 Å². The molecular weight excluding hydrogens is 474 g/mol. The molecule has 3 heterocycles. The van der Waals surface area contributed by atoms with Gasteiger partial charge in [-0.05, 0) is 25.1 Å². The number of carbonyl (C=O) groups excluding carboxylic acids is 2. The highest BCUT2D eigenvalue weighted by molar-refractivity contribution is 6.10. The number of primary amides is 1. The number of pyridine rings is 1. The molecule has 0 aliphatic rings. The van der Waals surface area contributed by atoms with Gasteiger partial charge < -0.3 is 15.6 Å². The van der Waals surface area contributed by atoms with Gasteiger partial charge in [-0.2, -0.15) is 23.3 Å². The molecule has 0 atom stereocenters. The lowest BCUT2D eigenvalue weighted by atomic mass is 10.1. The van der Waals surface area contributed by atoms with Crippen molar-refractivity contribution >= 4 is 28.4 Å². The number of rotatable bonds is 6. The summed E-state index contributed by atoms with van der Waals surface area (Å²) >= 11 is 0. The van der Waals surface area contributed by atoms with E-state index in [1.54, 1.807) is 6.92 Å². The second kappa shape index (κ2) is 8.77. The average molecular weight is 491 g/mol. The number of carbonyl (C=O) groups is 2. The third-order valence-corrected chi connectivity index (χ3v) is 5.09. The van der Waals surface area contributed by atoms with Crippen LogP contribution in [0.5, 0.6) is 0 Å². The zero-order chi connectivity index (χ0) is 25.5. The minimum absolute atomic E-state index is 0.0309. The van der Waals surface area contributed by atoms with Crippen LogP contribution in [0.25, 0.3) is 10.9 Å². The Balaban J connectivity index is 1.74. The van der Waals surface area contributed by atoms with Crippen molar-refractivity contribution in [1.29, 1.82) is 0 Å². The van der Waals surface area contributed by atoms with Crippen molar-refractivity contribution in [2.24, 2.45) is 5.73 Å². The number of aryl methyl sites for hydroxylation is 1. The van der Waals surface area contributed by atoms with Crippen LogP contribution in [0.4, 0.5) is 23.2 Å². The number of nitrogens with zero attached hydrogens (tertiary/aromatic N) is 5. The normalized spacial score (nSPS) is 11.7. The van der Waals surface area contributed by atoms with Gasteiger partial charge in [0.2, 0.25) is 11.8 Å². The van der Waals surface area contributed by atoms with Crippen molar-refractivity contribution in [2.75, 3.05) is 5.32 Å². The standard InChI is InChI=1S/C21H17F4N7O3/c1-3-15-28-16(35-31-15)8-32-9(2)17(18(30-32)21(23,24)25)29-20(34)14-7-12(19(26)33)11-5-4-10(22)6-13(11)27-14/h4-7H,3,8H2,1-2H3,(H2,26,33)(H,29,34). The summed E-state index contributed by atoms with van der Waals surface area (Å²) in [5.74, 6) is -2.30. The van der Waals surface area contributed by atoms with E-state index in [4.69, 9.17) is 10.3 Å². The Bertz CT molecular complexity index is 1460. The molecule has 3 N–H and O–H groups in total. The molecule has 0 unspecified atom stereocenters. The van der Waals surface area contributed by atoms with Crippen LogP contribution in [0.2, 0.25) is 0 Å². The first-order chi connectivity index (χ1) is 16.5. The summed E-state index contributed by atoms with van der Waals surface area (Å²) < 4.78 is 60.8. The maximum Gasteiger partial charge on any atom is 0.437 e. The molecule has 14 heteroatoms. The number of hydrogen-bond donors (Lipinski definition) is 2. The zero-order valence-electron chi connectivity index (χ0n) is 18.3. The molecule has 0 saturated heterocycles. The van der Waals surface area contributed by atoms with E-state index in [1.807, 2.05) is 0 Å². The minimum Gasteiger partial charge on any atom is -0.366 e. The predicted molar refractivity (Wildman–Crippen MR) is 113 cm³/mol. The molecule has 35 heavy (non-hydrogen) atoms. The quantitative estimate of drug-likeness (QED) is 0.394. The maximum absolute atomic E-state index is 13.7. The number of nitrogens with two attached hydrogens (primary N) is 1. The molecule has 2 amide bonds. The molecule has 3 aromatic heterocycles. The van der Waals surface area contributed by atoms with Gasteiger partial charge in [0.15, 0.2) is 11.5 Å². The molecule has 0 saturated carbocycles. The average Bonchev–Trinajstić information content (AvgIpc) is 3.37. The molecule has 0 spiro atoms. The number of aromatic nitrogens is 5. The van der Waals surface area contributed by atoms with Gasteiger partial charge in [0, 0.05) is 17.9 Å². The molecule has 1 aromatic carbocycles. The van der Waals surface area contributed by atoms with Crippen LogP contribution < -0.4 is 11.1 Å².